The van der Waals surface area contributed by atoms with E-state index in [1.807, 2.05) is 31.2 Å². The Labute approximate surface area is 209 Å². The Morgan fingerprint density at radius 1 is 0.914 bits per heavy atom. The largest absolute Gasteiger partial charge is 0.497 e. The summed E-state index contributed by atoms with van der Waals surface area (Å²) in [6.45, 7) is 9.37. The number of methoxy groups -OCH3 is 2. The summed E-state index contributed by atoms with van der Waals surface area (Å²) in [5, 5.41) is -0.955. The van der Waals surface area contributed by atoms with Crippen molar-refractivity contribution in [2.45, 2.75) is 58.1 Å². The molecule has 2 atom stereocenters. The summed E-state index contributed by atoms with van der Waals surface area (Å²) in [5.41, 5.74) is 1.62. The molecule has 2 rings (SSSR count). The van der Waals surface area contributed by atoms with E-state index in [4.69, 9.17) is 14.2 Å². The van der Waals surface area contributed by atoms with Crippen LogP contribution in [0, 0.1) is 5.92 Å². The first-order valence-corrected chi connectivity index (χ1v) is 13.2. The molecule has 0 heterocycles. The van der Waals surface area contributed by atoms with Gasteiger partial charge in [-0.3, -0.25) is 4.79 Å². The molecular weight excluding hydrogens is 466 g/mol. The molecule has 0 aliphatic carbocycles. The number of sulfonamides is 1. The molecule has 8 heteroatoms. The van der Waals surface area contributed by atoms with Gasteiger partial charge in [0.05, 0.1) is 32.0 Å². The van der Waals surface area contributed by atoms with Crippen LogP contribution >= 0.6 is 0 Å². The molecule has 2 aromatic carbocycles. The summed E-state index contributed by atoms with van der Waals surface area (Å²) in [6, 6.07) is 14.5. The number of hydrogen-bond donors (Lipinski definition) is 0. The zero-order valence-corrected chi connectivity index (χ0v) is 22.1. The Morgan fingerprint density at radius 2 is 1.37 bits per heavy atom. The minimum Gasteiger partial charge on any atom is -0.497 e. The van der Waals surface area contributed by atoms with Crippen molar-refractivity contribution in [2.75, 3.05) is 14.2 Å². The van der Waals surface area contributed by atoms with Gasteiger partial charge in [0.1, 0.15) is 11.5 Å². The summed E-state index contributed by atoms with van der Waals surface area (Å²) in [5.74, 6) is 0.518. The first-order chi connectivity index (χ1) is 16.6. The average molecular weight is 504 g/mol. The molecule has 35 heavy (non-hydrogen) atoms. The summed E-state index contributed by atoms with van der Waals surface area (Å²) in [6.07, 6.45) is 1.59. The zero-order valence-electron chi connectivity index (χ0n) is 21.3. The number of rotatable bonds is 14. The van der Waals surface area contributed by atoms with E-state index in [0.29, 0.717) is 17.9 Å². The molecule has 0 radical (unpaired) electrons. The Morgan fingerprint density at radius 3 is 1.74 bits per heavy atom. The van der Waals surface area contributed by atoms with Crippen LogP contribution in [-0.4, -0.2) is 44.3 Å². The molecule has 7 nitrogen and oxygen atoms in total. The highest BCUT2D eigenvalue weighted by atomic mass is 32.2. The van der Waals surface area contributed by atoms with Crippen LogP contribution in [-0.2, 0) is 32.6 Å². The van der Waals surface area contributed by atoms with Gasteiger partial charge in [-0.15, -0.1) is 6.58 Å². The highest BCUT2D eigenvalue weighted by Gasteiger charge is 2.38. The predicted octanol–water partition coefficient (Wildman–Crippen LogP) is 4.96. The van der Waals surface area contributed by atoms with Crippen LogP contribution < -0.4 is 9.47 Å². The topological polar surface area (TPSA) is 82.1 Å². The standard InChI is InChI=1S/C27H37NO6S/c1-7-8-21(4)26(17-27(29)34-20(2)3)35(30,31)28(18-22-9-13-24(32-5)14-10-22)19-23-11-15-25(33-6)16-12-23/h7,9-16,20-21,26H,1,8,17-19H2,2-6H3/t21-,26+/m1/s1. The molecule has 0 unspecified atom stereocenters. The maximum Gasteiger partial charge on any atom is 0.307 e. The number of esters is 1. The second kappa shape index (κ2) is 13.3. The van der Waals surface area contributed by atoms with Gasteiger partial charge >= 0.3 is 5.97 Å². The minimum absolute atomic E-state index is 0.148. The fourth-order valence-electron chi connectivity index (χ4n) is 3.79. The van der Waals surface area contributed by atoms with E-state index in [9.17, 15) is 13.2 Å². The fourth-order valence-corrected chi connectivity index (χ4v) is 5.87. The van der Waals surface area contributed by atoms with Gasteiger partial charge in [0.15, 0.2) is 0 Å². The summed E-state index contributed by atoms with van der Waals surface area (Å²) in [4.78, 5) is 12.5. The van der Waals surface area contributed by atoms with Crippen LogP contribution in [0.5, 0.6) is 11.5 Å². The van der Waals surface area contributed by atoms with Crippen molar-refractivity contribution in [3.05, 3.63) is 72.3 Å². The Bertz CT molecular complexity index is 999. The van der Waals surface area contributed by atoms with Crippen molar-refractivity contribution in [1.29, 1.82) is 0 Å². The van der Waals surface area contributed by atoms with Gasteiger partial charge in [0.2, 0.25) is 10.0 Å². The number of benzene rings is 2. The average Bonchev–Trinajstić information content (AvgIpc) is 2.82. The van der Waals surface area contributed by atoms with E-state index in [1.165, 1.54) is 4.31 Å². The van der Waals surface area contributed by atoms with Crippen LogP contribution in [0.25, 0.3) is 0 Å². The predicted molar refractivity (Wildman–Crippen MR) is 138 cm³/mol. The van der Waals surface area contributed by atoms with Gasteiger partial charge in [-0.05, 0) is 61.6 Å². The van der Waals surface area contributed by atoms with Crippen LogP contribution in [0.4, 0.5) is 0 Å². The number of hydrogen-bond acceptors (Lipinski definition) is 6. The van der Waals surface area contributed by atoms with Crippen molar-refractivity contribution >= 4 is 16.0 Å². The van der Waals surface area contributed by atoms with E-state index >= 15 is 0 Å². The van der Waals surface area contributed by atoms with Crippen molar-refractivity contribution < 1.29 is 27.4 Å². The van der Waals surface area contributed by atoms with E-state index in [2.05, 4.69) is 6.58 Å². The number of carbonyl (C=O) groups excluding carboxylic acids is 1. The summed E-state index contributed by atoms with van der Waals surface area (Å²) < 4.78 is 45.3. The molecule has 0 saturated carbocycles. The molecule has 192 valence electrons. The molecule has 0 bridgehead atoms. The maximum absolute atomic E-state index is 14.1. The molecule has 0 aliphatic rings. The lowest BCUT2D eigenvalue weighted by molar-refractivity contribution is -0.147. The molecule has 0 saturated heterocycles. The maximum atomic E-state index is 14.1. The molecule has 0 fully saturated rings. The van der Waals surface area contributed by atoms with Gasteiger partial charge in [0, 0.05) is 13.1 Å². The van der Waals surface area contributed by atoms with Gasteiger partial charge < -0.3 is 14.2 Å². The minimum atomic E-state index is -3.92. The Hall–Kier alpha value is -2.84. The third-order valence-corrected chi connectivity index (χ3v) is 8.06. The summed E-state index contributed by atoms with van der Waals surface area (Å²) in [7, 11) is -0.760. The third-order valence-electron chi connectivity index (χ3n) is 5.69. The Balaban J connectivity index is 2.45. The zero-order chi connectivity index (χ0) is 26.0. The van der Waals surface area contributed by atoms with Gasteiger partial charge in [-0.2, -0.15) is 4.31 Å². The normalized spacial score (nSPS) is 13.3. The second-order valence-electron chi connectivity index (χ2n) is 8.79. The molecule has 2 aromatic rings. The number of carbonyl (C=O) groups is 1. The lowest BCUT2D eigenvalue weighted by Crippen LogP contribution is -2.42. The lowest BCUT2D eigenvalue weighted by atomic mass is 10.0. The number of nitrogens with zero attached hydrogens (tertiary/aromatic N) is 1. The Kier molecular flexibility index (Phi) is 10.8. The first-order valence-electron chi connectivity index (χ1n) is 11.7. The molecule has 0 N–H and O–H groups in total. The van der Waals surface area contributed by atoms with Crippen LogP contribution in [0.1, 0.15) is 44.7 Å². The second-order valence-corrected chi connectivity index (χ2v) is 10.9. The van der Waals surface area contributed by atoms with E-state index in [0.717, 1.165) is 11.1 Å². The van der Waals surface area contributed by atoms with Crippen molar-refractivity contribution in [3.63, 3.8) is 0 Å². The first kappa shape index (κ1) is 28.4. The lowest BCUT2D eigenvalue weighted by Gasteiger charge is -2.30. The number of ether oxygens (including phenoxy) is 3. The van der Waals surface area contributed by atoms with Gasteiger partial charge in [-0.25, -0.2) is 8.42 Å². The quantitative estimate of drug-likeness (QED) is 0.268. The molecule has 0 aromatic heterocycles. The van der Waals surface area contributed by atoms with Gasteiger partial charge in [-0.1, -0.05) is 37.3 Å². The number of allylic oxidation sites excluding steroid dienone is 1. The molecule has 0 aliphatic heterocycles. The highest BCUT2D eigenvalue weighted by Crippen LogP contribution is 2.28. The van der Waals surface area contributed by atoms with Crippen LogP contribution in [0.2, 0.25) is 0 Å². The van der Waals surface area contributed by atoms with Crippen molar-refractivity contribution in [3.8, 4) is 11.5 Å². The smallest absolute Gasteiger partial charge is 0.307 e. The summed E-state index contributed by atoms with van der Waals surface area (Å²) >= 11 is 0. The van der Waals surface area contributed by atoms with E-state index in [-0.39, 0.29) is 31.5 Å². The highest BCUT2D eigenvalue weighted by molar-refractivity contribution is 7.89. The van der Waals surface area contributed by atoms with Gasteiger partial charge in [0.25, 0.3) is 0 Å². The molecule has 0 spiro atoms. The molecular formula is C27H37NO6S. The molecule has 0 amide bonds. The van der Waals surface area contributed by atoms with E-state index in [1.54, 1.807) is 58.4 Å². The fraction of sp³-hybridized carbons (Fsp3) is 0.444. The van der Waals surface area contributed by atoms with E-state index < -0.39 is 21.2 Å². The SMILES string of the molecule is C=CC[C@@H](C)[C@H](CC(=O)OC(C)C)S(=O)(=O)N(Cc1ccc(OC)cc1)Cc1ccc(OC)cc1. The van der Waals surface area contributed by atoms with Crippen LogP contribution in [0.3, 0.4) is 0 Å². The van der Waals surface area contributed by atoms with Crippen molar-refractivity contribution in [2.24, 2.45) is 5.92 Å². The third kappa shape index (κ3) is 8.40. The van der Waals surface area contributed by atoms with Crippen LogP contribution in [0.15, 0.2) is 61.2 Å². The van der Waals surface area contributed by atoms with Crippen molar-refractivity contribution in [1.82, 2.24) is 4.31 Å². The monoisotopic (exact) mass is 503 g/mol.